The fraction of sp³-hybridized carbons (Fsp3) is 0.304. The number of benzene rings is 2. The van der Waals surface area contributed by atoms with E-state index in [1.54, 1.807) is 0 Å². The molecule has 1 amide bonds. The van der Waals surface area contributed by atoms with E-state index < -0.39 is 0 Å². The SMILES string of the molecule is Cc1nn(-c2ccc(Br)cc2)c(C)c1C(=O)Nc1cccc(N2CCCCC2)c1. The van der Waals surface area contributed by atoms with Crippen LogP contribution in [0.1, 0.15) is 41.0 Å². The molecule has 0 unspecified atom stereocenters. The first-order chi connectivity index (χ1) is 14.0. The second-order valence-corrected chi connectivity index (χ2v) is 8.40. The summed E-state index contributed by atoms with van der Waals surface area (Å²) in [5, 5.41) is 7.66. The molecule has 0 radical (unpaired) electrons. The first-order valence-electron chi connectivity index (χ1n) is 10.0. The van der Waals surface area contributed by atoms with Gasteiger partial charge in [-0.1, -0.05) is 22.0 Å². The average Bonchev–Trinajstić information content (AvgIpc) is 3.03. The fourth-order valence-electron chi connectivity index (χ4n) is 3.93. The van der Waals surface area contributed by atoms with E-state index in [2.05, 4.69) is 43.4 Å². The van der Waals surface area contributed by atoms with Gasteiger partial charge in [0.1, 0.15) is 0 Å². The fourth-order valence-corrected chi connectivity index (χ4v) is 4.20. The van der Waals surface area contributed by atoms with Crippen molar-refractivity contribution in [2.75, 3.05) is 23.3 Å². The number of anilines is 2. The summed E-state index contributed by atoms with van der Waals surface area (Å²) in [6.07, 6.45) is 3.75. The number of nitrogens with one attached hydrogen (secondary N) is 1. The van der Waals surface area contributed by atoms with Gasteiger partial charge in [0.2, 0.25) is 0 Å². The van der Waals surface area contributed by atoms with Crippen LogP contribution in [0.25, 0.3) is 5.69 Å². The monoisotopic (exact) mass is 452 g/mol. The van der Waals surface area contributed by atoms with Gasteiger partial charge in [-0.3, -0.25) is 4.79 Å². The van der Waals surface area contributed by atoms with Gasteiger partial charge in [-0.2, -0.15) is 5.10 Å². The average molecular weight is 453 g/mol. The molecule has 150 valence electrons. The van der Waals surface area contributed by atoms with Crippen LogP contribution in [0.5, 0.6) is 0 Å². The molecule has 0 saturated carbocycles. The van der Waals surface area contributed by atoms with E-state index in [1.807, 2.05) is 54.9 Å². The lowest BCUT2D eigenvalue weighted by atomic mass is 10.1. The molecule has 0 spiro atoms. The molecule has 1 aromatic heterocycles. The summed E-state index contributed by atoms with van der Waals surface area (Å²) in [6, 6.07) is 16.0. The van der Waals surface area contributed by atoms with Crippen LogP contribution in [-0.4, -0.2) is 28.8 Å². The van der Waals surface area contributed by atoms with E-state index in [9.17, 15) is 4.79 Å². The van der Waals surface area contributed by atoms with Crippen molar-refractivity contribution in [2.45, 2.75) is 33.1 Å². The van der Waals surface area contributed by atoms with Crippen LogP contribution in [0.2, 0.25) is 0 Å². The maximum absolute atomic E-state index is 13.1. The Morgan fingerprint density at radius 1 is 1.00 bits per heavy atom. The smallest absolute Gasteiger partial charge is 0.259 e. The third-order valence-corrected chi connectivity index (χ3v) is 5.94. The number of aromatic nitrogens is 2. The summed E-state index contributed by atoms with van der Waals surface area (Å²) in [4.78, 5) is 15.4. The van der Waals surface area contributed by atoms with Gasteiger partial charge in [-0.15, -0.1) is 0 Å². The van der Waals surface area contributed by atoms with Crippen molar-refractivity contribution in [1.29, 1.82) is 0 Å². The van der Waals surface area contributed by atoms with Gasteiger partial charge >= 0.3 is 0 Å². The molecule has 1 saturated heterocycles. The minimum Gasteiger partial charge on any atom is -0.371 e. The van der Waals surface area contributed by atoms with Gasteiger partial charge in [0.15, 0.2) is 0 Å². The summed E-state index contributed by atoms with van der Waals surface area (Å²) < 4.78 is 2.83. The number of hydrogen-bond acceptors (Lipinski definition) is 3. The van der Waals surface area contributed by atoms with Gasteiger partial charge in [0, 0.05) is 28.9 Å². The minimum atomic E-state index is -0.126. The molecule has 0 aliphatic carbocycles. The summed E-state index contributed by atoms with van der Waals surface area (Å²) in [5.74, 6) is -0.126. The highest BCUT2D eigenvalue weighted by Crippen LogP contribution is 2.25. The van der Waals surface area contributed by atoms with E-state index >= 15 is 0 Å². The molecular formula is C23H25BrN4O. The quantitative estimate of drug-likeness (QED) is 0.568. The van der Waals surface area contributed by atoms with Crippen molar-refractivity contribution in [2.24, 2.45) is 0 Å². The number of aryl methyl sites for hydroxylation is 1. The molecule has 2 aromatic carbocycles. The topological polar surface area (TPSA) is 50.2 Å². The first-order valence-corrected chi connectivity index (χ1v) is 10.8. The largest absolute Gasteiger partial charge is 0.371 e. The van der Waals surface area contributed by atoms with Crippen molar-refractivity contribution in [3.63, 3.8) is 0 Å². The first kappa shape index (κ1) is 19.7. The van der Waals surface area contributed by atoms with Gasteiger partial charge in [-0.25, -0.2) is 4.68 Å². The molecule has 0 atom stereocenters. The van der Waals surface area contributed by atoms with E-state index in [0.717, 1.165) is 40.3 Å². The van der Waals surface area contributed by atoms with Crippen LogP contribution in [0.3, 0.4) is 0 Å². The Hall–Kier alpha value is -2.60. The van der Waals surface area contributed by atoms with E-state index in [-0.39, 0.29) is 5.91 Å². The van der Waals surface area contributed by atoms with Gasteiger partial charge in [0.25, 0.3) is 5.91 Å². The number of carbonyl (C=O) groups is 1. The zero-order chi connectivity index (χ0) is 20.4. The molecule has 29 heavy (non-hydrogen) atoms. The van der Waals surface area contributed by atoms with Crippen molar-refractivity contribution in [1.82, 2.24) is 9.78 Å². The number of halogens is 1. The molecule has 1 aliphatic rings. The number of hydrogen-bond donors (Lipinski definition) is 1. The predicted octanol–water partition coefficient (Wildman–Crippen LogP) is 5.49. The number of nitrogens with zero attached hydrogens (tertiary/aromatic N) is 3. The van der Waals surface area contributed by atoms with Gasteiger partial charge in [0.05, 0.1) is 22.6 Å². The Kier molecular flexibility index (Phi) is 5.72. The summed E-state index contributed by atoms with van der Waals surface area (Å²) in [5.41, 5.74) is 5.08. The Morgan fingerprint density at radius 3 is 2.45 bits per heavy atom. The lowest BCUT2D eigenvalue weighted by molar-refractivity contribution is 0.102. The van der Waals surface area contributed by atoms with Crippen LogP contribution >= 0.6 is 15.9 Å². The third-order valence-electron chi connectivity index (χ3n) is 5.41. The Bertz CT molecular complexity index is 1020. The number of carbonyl (C=O) groups excluding carboxylic acids is 1. The summed E-state index contributed by atoms with van der Waals surface area (Å²) in [7, 11) is 0. The van der Waals surface area contributed by atoms with E-state index in [0.29, 0.717) is 5.56 Å². The van der Waals surface area contributed by atoms with Gasteiger partial charge < -0.3 is 10.2 Å². The van der Waals surface area contributed by atoms with E-state index in [1.165, 1.54) is 24.9 Å². The molecule has 3 aromatic rings. The van der Waals surface area contributed by atoms with Crippen molar-refractivity contribution < 1.29 is 4.79 Å². The molecule has 1 fully saturated rings. The second-order valence-electron chi connectivity index (χ2n) is 7.49. The molecular weight excluding hydrogens is 428 g/mol. The highest BCUT2D eigenvalue weighted by Gasteiger charge is 2.20. The highest BCUT2D eigenvalue weighted by molar-refractivity contribution is 9.10. The maximum Gasteiger partial charge on any atom is 0.259 e. The number of rotatable bonds is 4. The number of amides is 1. The molecule has 1 aliphatic heterocycles. The Morgan fingerprint density at radius 2 is 1.72 bits per heavy atom. The van der Waals surface area contributed by atoms with Crippen LogP contribution in [0, 0.1) is 13.8 Å². The van der Waals surface area contributed by atoms with Crippen molar-refractivity contribution >= 4 is 33.2 Å². The highest BCUT2D eigenvalue weighted by atomic mass is 79.9. The Balaban J connectivity index is 1.57. The zero-order valence-electron chi connectivity index (χ0n) is 16.8. The Labute approximate surface area is 179 Å². The molecule has 4 rings (SSSR count). The summed E-state index contributed by atoms with van der Waals surface area (Å²) >= 11 is 3.45. The molecule has 1 N–H and O–H groups in total. The predicted molar refractivity (Wildman–Crippen MR) is 121 cm³/mol. The lowest BCUT2D eigenvalue weighted by Crippen LogP contribution is -2.29. The normalized spacial score (nSPS) is 14.1. The minimum absolute atomic E-state index is 0.126. The maximum atomic E-state index is 13.1. The van der Waals surface area contributed by atoms with Gasteiger partial charge in [-0.05, 0) is 75.6 Å². The van der Waals surface area contributed by atoms with Crippen LogP contribution in [0.15, 0.2) is 53.0 Å². The summed E-state index contributed by atoms with van der Waals surface area (Å²) in [6.45, 7) is 5.97. The van der Waals surface area contributed by atoms with Crippen LogP contribution < -0.4 is 10.2 Å². The standard InChI is InChI=1S/C23H25BrN4O/c1-16-22(17(2)28(26-16)20-11-9-18(24)10-12-20)23(29)25-19-7-6-8-21(15-19)27-13-4-3-5-14-27/h6-12,15H,3-5,13-14H2,1-2H3,(H,25,29). The molecule has 5 nitrogen and oxygen atoms in total. The molecule has 0 bridgehead atoms. The second kappa shape index (κ2) is 8.41. The van der Waals surface area contributed by atoms with Crippen LogP contribution in [0.4, 0.5) is 11.4 Å². The molecule has 2 heterocycles. The molecule has 6 heteroatoms. The number of piperidine rings is 1. The lowest BCUT2D eigenvalue weighted by Gasteiger charge is -2.29. The third kappa shape index (κ3) is 4.22. The van der Waals surface area contributed by atoms with E-state index in [4.69, 9.17) is 0 Å². The van der Waals surface area contributed by atoms with Crippen molar-refractivity contribution in [3.05, 3.63) is 70.0 Å². The zero-order valence-corrected chi connectivity index (χ0v) is 18.4. The van der Waals surface area contributed by atoms with Crippen molar-refractivity contribution in [3.8, 4) is 5.69 Å². The van der Waals surface area contributed by atoms with Crippen LogP contribution in [-0.2, 0) is 0 Å².